The molecule has 1 atom stereocenters. The van der Waals surface area contributed by atoms with Crippen molar-refractivity contribution in [3.05, 3.63) is 11.1 Å². The zero-order valence-electron chi connectivity index (χ0n) is 10.5. The second-order valence-electron chi connectivity index (χ2n) is 4.32. The maximum absolute atomic E-state index is 11.9. The van der Waals surface area contributed by atoms with Gasteiger partial charge in [0.2, 0.25) is 0 Å². The molecular formula is C12H18N2O3S. The van der Waals surface area contributed by atoms with Gasteiger partial charge >= 0.3 is 5.97 Å². The third-order valence-electron chi connectivity index (χ3n) is 2.97. The van der Waals surface area contributed by atoms with E-state index in [2.05, 4.69) is 10.2 Å². The Balaban J connectivity index is 1.95. The molecule has 100 valence electrons. The molecule has 0 aromatic rings. The summed E-state index contributed by atoms with van der Waals surface area (Å²) in [5, 5.41) is 3.14. The normalized spacial score (nSPS) is 27.3. The zero-order chi connectivity index (χ0) is 13.0. The highest BCUT2D eigenvalue weighted by atomic mass is 32.2. The van der Waals surface area contributed by atoms with Crippen LogP contribution < -0.4 is 5.32 Å². The lowest BCUT2D eigenvalue weighted by Crippen LogP contribution is -2.42. The van der Waals surface area contributed by atoms with E-state index >= 15 is 0 Å². The largest absolute Gasteiger partial charge is 0.463 e. The number of likely N-dealkylation sites (tertiary alicyclic amines) is 1. The van der Waals surface area contributed by atoms with Crippen LogP contribution in [0.25, 0.3) is 0 Å². The predicted molar refractivity (Wildman–Crippen MR) is 69.7 cm³/mol. The van der Waals surface area contributed by atoms with Crippen LogP contribution >= 0.6 is 11.8 Å². The molecular weight excluding hydrogens is 252 g/mol. The summed E-state index contributed by atoms with van der Waals surface area (Å²) in [6.07, 6.45) is 4.87. The topological polar surface area (TPSA) is 58.6 Å². The molecule has 1 N–H and O–H groups in total. The van der Waals surface area contributed by atoms with E-state index in [1.54, 1.807) is 6.92 Å². The summed E-state index contributed by atoms with van der Waals surface area (Å²) < 4.78 is 4.83. The van der Waals surface area contributed by atoms with Gasteiger partial charge in [-0.05, 0) is 32.9 Å². The smallest absolute Gasteiger partial charge is 0.333 e. The molecule has 0 saturated carbocycles. The summed E-state index contributed by atoms with van der Waals surface area (Å²) >= 11 is 1.41. The first-order valence-corrected chi connectivity index (χ1v) is 7.18. The average Bonchev–Trinajstić information content (AvgIpc) is 2.71. The van der Waals surface area contributed by atoms with Gasteiger partial charge in [0.15, 0.2) is 0 Å². The van der Waals surface area contributed by atoms with Crippen molar-refractivity contribution >= 4 is 23.6 Å². The van der Waals surface area contributed by atoms with E-state index in [9.17, 15) is 9.59 Å². The Kier molecular flexibility index (Phi) is 4.66. The number of piperidine rings is 1. The van der Waals surface area contributed by atoms with Crippen LogP contribution in [0.4, 0.5) is 0 Å². The Morgan fingerprint density at radius 1 is 1.50 bits per heavy atom. The first-order valence-electron chi connectivity index (χ1n) is 6.30. The van der Waals surface area contributed by atoms with Crippen LogP contribution in [0.1, 0.15) is 26.2 Å². The van der Waals surface area contributed by atoms with Gasteiger partial charge in [0.25, 0.3) is 5.91 Å². The average molecular weight is 270 g/mol. The number of carbonyl (C=O) groups is 2. The highest BCUT2D eigenvalue weighted by molar-refractivity contribution is 8.04. The molecule has 2 aliphatic rings. The molecule has 2 saturated heterocycles. The molecule has 2 heterocycles. The van der Waals surface area contributed by atoms with Crippen LogP contribution in [0.15, 0.2) is 11.1 Å². The van der Waals surface area contributed by atoms with Crippen molar-refractivity contribution in [1.82, 2.24) is 10.2 Å². The number of ether oxygens (including phenoxy) is 1. The van der Waals surface area contributed by atoms with Gasteiger partial charge in [0.1, 0.15) is 5.37 Å². The molecule has 0 radical (unpaired) electrons. The molecule has 0 aliphatic carbocycles. The fourth-order valence-corrected chi connectivity index (χ4v) is 3.23. The maximum Gasteiger partial charge on any atom is 0.333 e. The van der Waals surface area contributed by atoms with Crippen LogP contribution in [0.5, 0.6) is 0 Å². The minimum Gasteiger partial charge on any atom is -0.463 e. The molecule has 6 heteroatoms. The van der Waals surface area contributed by atoms with E-state index in [1.165, 1.54) is 24.3 Å². The van der Waals surface area contributed by atoms with Gasteiger partial charge in [-0.3, -0.25) is 9.69 Å². The Hall–Kier alpha value is -1.01. The third-order valence-corrected chi connectivity index (χ3v) is 4.18. The van der Waals surface area contributed by atoms with Crippen molar-refractivity contribution in [3.63, 3.8) is 0 Å². The first-order chi connectivity index (χ1) is 8.70. The van der Waals surface area contributed by atoms with Crippen LogP contribution in [0, 0.1) is 0 Å². The molecule has 5 nitrogen and oxygen atoms in total. The molecule has 2 aliphatic heterocycles. The van der Waals surface area contributed by atoms with Gasteiger partial charge in [0, 0.05) is 0 Å². The summed E-state index contributed by atoms with van der Waals surface area (Å²) in [4.78, 5) is 25.3. The highest BCUT2D eigenvalue weighted by Crippen LogP contribution is 2.31. The summed E-state index contributed by atoms with van der Waals surface area (Å²) in [6, 6.07) is 0. The Labute approximate surface area is 111 Å². The van der Waals surface area contributed by atoms with Crippen LogP contribution in [0.3, 0.4) is 0 Å². The number of nitrogens with zero attached hydrogens (tertiary/aromatic N) is 1. The molecule has 0 bridgehead atoms. The number of rotatable bonds is 3. The summed E-state index contributed by atoms with van der Waals surface area (Å²) in [5.41, 5.74) is 0. The Morgan fingerprint density at radius 2 is 2.22 bits per heavy atom. The van der Waals surface area contributed by atoms with Crippen molar-refractivity contribution in [2.75, 3.05) is 19.7 Å². The van der Waals surface area contributed by atoms with Crippen molar-refractivity contribution in [2.45, 2.75) is 31.6 Å². The predicted octanol–water partition coefficient (Wildman–Crippen LogP) is 1.07. The fourth-order valence-electron chi connectivity index (χ4n) is 2.14. The minimum atomic E-state index is -0.403. The lowest BCUT2D eigenvalue weighted by molar-refractivity contribution is -0.137. The molecule has 2 fully saturated rings. The van der Waals surface area contributed by atoms with Crippen molar-refractivity contribution < 1.29 is 14.3 Å². The molecule has 0 aromatic carbocycles. The number of nitrogens with one attached hydrogen (secondary N) is 1. The number of hydrogen-bond acceptors (Lipinski definition) is 5. The number of amides is 1. The lowest BCUT2D eigenvalue weighted by Gasteiger charge is -2.29. The van der Waals surface area contributed by atoms with E-state index in [0.717, 1.165) is 25.9 Å². The SMILES string of the molecule is CCOC(=O)/C=C1/NC(=O)C(N2CCCCC2)S1. The van der Waals surface area contributed by atoms with Gasteiger partial charge in [-0.2, -0.15) is 0 Å². The number of hydrogen-bond donors (Lipinski definition) is 1. The zero-order valence-corrected chi connectivity index (χ0v) is 11.3. The molecule has 0 aromatic heterocycles. The van der Waals surface area contributed by atoms with E-state index < -0.39 is 5.97 Å². The van der Waals surface area contributed by atoms with Gasteiger partial charge in [0.05, 0.1) is 17.7 Å². The molecule has 1 unspecified atom stereocenters. The van der Waals surface area contributed by atoms with Crippen LogP contribution in [-0.4, -0.2) is 41.8 Å². The lowest BCUT2D eigenvalue weighted by atomic mass is 10.1. The first kappa shape index (κ1) is 13.4. The summed E-state index contributed by atoms with van der Waals surface area (Å²) in [6.45, 7) is 4.01. The van der Waals surface area contributed by atoms with Crippen LogP contribution in [-0.2, 0) is 14.3 Å². The Morgan fingerprint density at radius 3 is 2.89 bits per heavy atom. The van der Waals surface area contributed by atoms with Crippen molar-refractivity contribution in [1.29, 1.82) is 0 Å². The van der Waals surface area contributed by atoms with Crippen molar-refractivity contribution in [2.24, 2.45) is 0 Å². The molecule has 0 spiro atoms. The van der Waals surface area contributed by atoms with E-state index in [0.29, 0.717) is 11.6 Å². The third kappa shape index (κ3) is 3.26. The van der Waals surface area contributed by atoms with Crippen LogP contribution in [0.2, 0.25) is 0 Å². The second kappa shape index (κ2) is 6.24. The quantitative estimate of drug-likeness (QED) is 0.614. The fraction of sp³-hybridized carbons (Fsp3) is 0.667. The van der Waals surface area contributed by atoms with Gasteiger partial charge in [-0.15, -0.1) is 0 Å². The van der Waals surface area contributed by atoms with Gasteiger partial charge < -0.3 is 10.1 Å². The molecule has 2 rings (SSSR count). The molecule has 1 amide bonds. The van der Waals surface area contributed by atoms with Gasteiger partial charge in [-0.1, -0.05) is 18.2 Å². The van der Waals surface area contributed by atoms with Gasteiger partial charge in [-0.25, -0.2) is 4.79 Å². The standard InChI is InChI=1S/C12H18N2O3S/c1-2-17-10(15)8-9-13-11(16)12(18-9)14-6-4-3-5-7-14/h8,12H,2-7H2,1H3,(H,13,16)/b9-8-. The molecule has 18 heavy (non-hydrogen) atoms. The number of thioether (sulfide) groups is 1. The second-order valence-corrected chi connectivity index (χ2v) is 5.44. The van der Waals surface area contributed by atoms with E-state index in [1.807, 2.05) is 0 Å². The number of esters is 1. The monoisotopic (exact) mass is 270 g/mol. The maximum atomic E-state index is 11.9. The summed E-state index contributed by atoms with van der Waals surface area (Å²) in [7, 11) is 0. The Bertz CT molecular complexity index is 364. The van der Waals surface area contributed by atoms with Crippen molar-refractivity contribution in [3.8, 4) is 0 Å². The summed E-state index contributed by atoms with van der Waals surface area (Å²) in [5.74, 6) is -0.433. The number of carbonyl (C=O) groups excluding carboxylic acids is 2. The minimum absolute atomic E-state index is 0.0301. The van der Waals surface area contributed by atoms with E-state index in [4.69, 9.17) is 4.74 Å². The highest BCUT2D eigenvalue weighted by Gasteiger charge is 2.34. The van der Waals surface area contributed by atoms with E-state index in [-0.39, 0.29) is 11.3 Å².